The summed E-state index contributed by atoms with van der Waals surface area (Å²) in [5, 5.41) is 3.40. The molecule has 2 heteroatoms. The second-order valence-electron chi connectivity index (χ2n) is 6.77. The Morgan fingerprint density at radius 1 is 1.11 bits per heavy atom. The summed E-state index contributed by atoms with van der Waals surface area (Å²) >= 11 is 0. The highest BCUT2D eigenvalue weighted by atomic mass is 15.2. The van der Waals surface area contributed by atoms with Gasteiger partial charge in [-0.15, -0.1) is 0 Å². The van der Waals surface area contributed by atoms with E-state index < -0.39 is 0 Å². The molecule has 2 aliphatic rings. The zero-order valence-electron chi connectivity index (χ0n) is 12.6. The van der Waals surface area contributed by atoms with Crippen molar-refractivity contribution in [2.24, 2.45) is 11.8 Å². The van der Waals surface area contributed by atoms with Crippen molar-refractivity contribution in [3.05, 3.63) is 0 Å². The molecule has 1 saturated heterocycles. The predicted molar refractivity (Wildman–Crippen MR) is 78.9 cm³/mol. The van der Waals surface area contributed by atoms with Gasteiger partial charge in [0.25, 0.3) is 0 Å². The molecule has 0 aromatic carbocycles. The predicted octanol–water partition coefficient (Wildman–Crippen LogP) is 3.28. The van der Waals surface area contributed by atoms with Gasteiger partial charge in [-0.3, -0.25) is 4.90 Å². The molecule has 1 aliphatic carbocycles. The fourth-order valence-electron chi connectivity index (χ4n) is 4.07. The molecule has 3 atom stereocenters. The molecular weight excluding hydrogens is 220 g/mol. The van der Waals surface area contributed by atoms with Gasteiger partial charge in [-0.25, -0.2) is 0 Å². The normalized spacial score (nSPS) is 35.0. The maximum Gasteiger partial charge on any atom is 0.0223 e. The van der Waals surface area contributed by atoms with Crippen LogP contribution in [-0.2, 0) is 0 Å². The smallest absolute Gasteiger partial charge is 0.0223 e. The Balaban J connectivity index is 1.95. The summed E-state index contributed by atoms with van der Waals surface area (Å²) in [5.74, 6) is 1.85. The molecule has 1 heterocycles. The fraction of sp³-hybridized carbons (Fsp3) is 1.00. The van der Waals surface area contributed by atoms with Gasteiger partial charge in [-0.1, -0.05) is 33.1 Å². The maximum atomic E-state index is 3.40. The van der Waals surface area contributed by atoms with Crippen LogP contribution in [0, 0.1) is 11.8 Å². The zero-order valence-corrected chi connectivity index (χ0v) is 12.6. The third-order valence-corrected chi connectivity index (χ3v) is 5.21. The van der Waals surface area contributed by atoms with Crippen molar-refractivity contribution >= 4 is 0 Å². The molecule has 18 heavy (non-hydrogen) atoms. The standard InChI is InChI=1S/C16H32N2/c1-13(2)14-7-6-9-15(11-14)18-10-5-4-8-16(18)12-17-3/h13-17H,4-12H2,1-3H3. The monoisotopic (exact) mass is 252 g/mol. The molecule has 0 aromatic heterocycles. The summed E-state index contributed by atoms with van der Waals surface area (Å²) in [4.78, 5) is 2.86. The summed E-state index contributed by atoms with van der Waals surface area (Å²) < 4.78 is 0. The minimum atomic E-state index is 0.805. The Morgan fingerprint density at radius 3 is 2.67 bits per heavy atom. The Hall–Kier alpha value is -0.0800. The van der Waals surface area contributed by atoms with Gasteiger partial charge in [0, 0.05) is 18.6 Å². The quantitative estimate of drug-likeness (QED) is 0.826. The summed E-state index contributed by atoms with van der Waals surface area (Å²) in [7, 11) is 2.10. The van der Waals surface area contributed by atoms with Crippen molar-refractivity contribution in [2.45, 2.75) is 70.9 Å². The van der Waals surface area contributed by atoms with Crippen molar-refractivity contribution in [3.8, 4) is 0 Å². The zero-order chi connectivity index (χ0) is 13.0. The number of likely N-dealkylation sites (N-methyl/N-ethyl adjacent to an activating group) is 1. The average Bonchev–Trinajstić information content (AvgIpc) is 2.40. The SMILES string of the molecule is CNCC1CCCCN1C1CCCC(C(C)C)C1. The van der Waals surface area contributed by atoms with E-state index in [1.165, 1.54) is 58.0 Å². The van der Waals surface area contributed by atoms with Crippen LogP contribution in [-0.4, -0.2) is 37.1 Å². The number of piperidine rings is 1. The van der Waals surface area contributed by atoms with Crippen LogP contribution in [0.25, 0.3) is 0 Å². The highest BCUT2D eigenvalue weighted by Gasteiger charge is 2.32. The first-order chi connectivity index (χ1) is 8.72. The average molecular weight is 252 g/mol. The number of nitrogens with one attached hydrogen (secondary N) is 1. The van der Waals surface area contributed by atoms with E-state index in [0.29, 0.717) is 0 Å². The van der Waals surface area contributed by atoms with Crippen LogP contribution < -0.4 is 5.32 Å². The third-order valence-electron chi connectivity index (χ3n) is 5.21. The maximum absolute atomic E-state index is 3.40. The van der Waals surface area contributed by atoms with Gasteiger partial charge < -0.3 is 5.32 Å². The summed E-state index contributed by atoms with van der Waals surface area (Å²) in [5.41, 5.74) is 0. The lowest BCUT2D eigenvalue weighted by atomic mass is 9.78. The van der Waals surface area contributed by atoms with Crippen molar-refractivity contribution < 1.29 is 0 Å². The first kappa shape index (κ1) is 14.3. The van der Waals surface area contributed by atoms with Crippen LogP contribution in [0.2, 0.25) is 0 Å². The number of rotatable bonds is 4. The summed E-state index contributed by atoms with van der Waals surface area (Å²) in [6, 6.07) is 1.68. The fourth-order valence-corrected chi connectivity index (χ4v) is 4.07. The van der Waals surface area contributed by atoms with E-state index in [4.69, 9.17) is 0 Å². The van der Waals surface area contributed by atoms with Gasteiger partial charge >= 0.3 is 0 Å². The van der Waals surface area contributed by atoms with Crippen LogP contribution in [0.1, 0.15) is 58.8 Å². The van der Waals surface area contributed by atoms with Crippen molar-refractivity contribution in [3.63, 3.8) is 0 Å². The van der Waals surface area contributed by atoms with Gasteiger partial charge in [0.15, 0.2) is 0 Å². The lowest BCUT2D eigenvalue weighted by molar-refractivity contribution is 0.0512. The number of hydrogen-bond donors (Lipinski definition) is 1. The van der Waals surface area contributed by atoms with Gasteiger partial charge in [0.05, 0.1) is 0 Å². The van der Waals surface area contributed by atoms with Crippen molar-refractivity contribution in [1.82, 2.24) is 10.2 Å². The molecule has 0 aromatic rings. The van der Waals surface area contributed by atoms with E-state index >= 15 is 0 Å². The van der Waals surface area contributed by atoms with Gasteiger partial charge in [0.2, 0.25) is 0 Å². The third kappa shape index (κ3) is 3.48. The van der Waals surface area contributed by atoms with E-state index in [9.17, 15) is 0 Å². The number of hydrogen-bond acceptors (Lipinski definition) is 2. The van der Waals surface area contributed by atoms with Crippen LogP contribution in [0.15, 0.2) is 0 Å². The van der Waals surface area contributed by atoms with E-state index in [2.05, 4.69) is 31.1 Å². The first-order valence-corrected chi connectivity index (χ1v) is 8.12. The van der Waals surface area contributed by atoms with E-state index in [1.54, 1.807) is 0 Å². The molecule has 2 fully saturated rings. The first-order valence-electron chi connectivity index (χ1n) is 8.12. The highest BCUT2D eigenvalue weighted by molar-refractivity contribution is 4.88. The molecule has 0 amide bonds. The Labute approximate surface area is 114 Å². The molecule has 1 saturated carbocycles. The van der Waals surface area contributed by atoms with Crippen LogP contribution in [0.4, 0.5) is 0 Å². The molecule has 1 N–H and O–H groups in total. The highest BCUT2D eigenvalue weighted by Crippen LogP contribution is 2.34. The Bertz CT molecular complexity index is 237. The van der Waals surface area contributed by atoms with Crippen LogP contribution in [0.3, 0.4) is 0 Å². The van der Waals surface area contributed by atoms with E-state index in [1.807, 2.05) is 0 Å². The van der Waals surface area contributed by atoms with Crippen LogP contribution in [0.5, 0.6) is 0 Å². The lowest BCUT2D eigenvalue weighted by Crippen LogP contribution is -2.51. The van der Waals surface area contributed by atoms with Crippen LogP contribution >= 0.6 is 0 Å². The molecular formula is C16H32N2. The Kier molecular flexibility index (Phi) is 5.50. The largest absolute Gasteiger partial charge is 0.318 e. The van der Waals surface area contributed by atoms with Gasteiger partial charge in [-0.2, -0.15) is 0 Å². The molecule has 2 rings (SSSR count). The molecule has 0 radical (unpaired) electrons. The minimum Gasteiger partial charge on any atom is -0.318 e. The van der Waals surface area contributed by atoms with Crippen molar-refractivity contribution in [1.29, 1.82) is 0 Å². The minimum absolute atomic E-state index is 0.805. The van der Waals surface area contributed by atoms with E-state index in [0.717, 1.165) is 23.9 Å². The molecule has 106 valence electrons. The van der Waals surface area contributed by atoms with Gasteiger partial charge in [-0.05, 0) is 51.1 Å². The number of nitrogens with zero attached hydrogens (tertiary/aromatic N) is 1. The van der Waals surface area contributed by atoms with Gasteiger partial charge in [0.1, 0.15) is 0 Å². The second-order valence-corrected chi connectivity index (χ2v) is 6.77. The van der Waals surface area contributed by atoms with E-state index in [-0.39, 0.29) is 0 Å². The lowest BCUT2D eigenvalue weighted by Gasteiger charge is -2.45. The molecule has 0 spiro atoms. The topological polar surface area (TPSA) is 15.3 Å². The second kappa shape index (κ2) is 6.91. The molecule has 3 unspecified atom stereocenters. The molecule has 2 nitrogen and oxygen atoms in total. The molecule has 0 bridgehead atoms. The number of likely N-dealkylation sites (tertiary alicyclic amines) is 1. The summed E-state index contributed by atoms with van der Waals surface area (Å²) in [6.45, 7) is 7.35. The van der Waals surface area contributed by atoms with Crippen molar-refractivity contribution in [2.75, 3.05) is 20.1 Å². The summed E-state index contributed by atoms with van der Waals surface area (Å²) in [6.07, 6.45) is 10.1. The molecule has 1 aliphatic heterocycles. The Morgan fingerprint density at radius 2 is 1.94 bits per heavy atom.